The Bertz CT molecular complexity index is 873. The topological polar surface area (TPSA) is 64.7 Å². The van der Waals surface area contributed by atoms with Gasteiger partial charge in [-0.1, -0.05) is 48.3 Å². The first-order chi connectivity index (χ1) is 12.1. The average Bonchev–Trinajstić information content (AvgIpc) is 3.20. The number of hydrogen-bond acceptors (Lipinski definition) is 3. The van der Waals surface area contributed by atoms with Gasteiger partial charge in [0.1, 0.15) is 6.04 Å². The third-order valence-electron chi connectivity index (χ3n) is 3.77. The van der Waals surface area contributed by atoms with Crippen LogP contribution in [0.3, 0.4) is 0 Å². The Morgan fingerprint density at radius 3 is 2.68 bits per heavy atom. The molecule has 3 aromatic rings. The first-order valence-electron chi connectivity index (χ1n) is 7.83. The van der Waals surface area contributed by atoms with Gasteiger partial charge in [0.05, 0.1) is 29.6 Å². The van der Waals surface area contributed by atoms with Crippen LogP contribution < -0.4 is 5.32 Å². The lowest BCUT2D eigenvalue weighted by Gasteiger charge is -2.14. The molecule has 1 amide bonds. The van der Waals surface area contributed by atoms with Crippen molar-refractivity contribution in [1.82, 2.24) is 19.6 Å². The highest BCUT2D eigenvalue weighted by atomic mass is 35.5. The van der Waals surface area contributed by atoms with E-state index in [1.807, 2.05) is 31.2 Å². The van der Waals surface area contributed by atoms with Crippen LogP contribution in [0.2, 0.25) is 10.0 Å². The van der Waals surface area contributed by atoms with Gasteiger partial charge >= 0.3 is 0 Å². The van der Waals surface area contributed by atoms with Crippen molar-refractivity contribution in [1.29, 1.82) is 0 Å². The number of nitrogens with one attached hydrogen (secondary N) is 1. The Morgan fingerprint density at radius 2 is 2.00 bits per heavy atom. The lowest BCUT2D eigenvalue weighted by atomic mass is 10.2. The second kappa shape index (κ2) is 7.72. The van der Waals surface area contributed by atoms with Gasteiger partial charge in [0.25, 0.3) is 0 Å². The first kappa shape index (κ1) is 17.5. The van der Waals surface area contributed by atoms with Gasteiger partial charge in [0.2, 0.25) is 5.91 Å². The molecule has 0 fully saturated rings. The summed E-state index contributed by atoms with van der Waals surface area (Å²) in [7, 11) is 0. The second-order valence-corrected chi connectivity index (χ2v) is 6.41. The highest BCUT2D eigenvalue weighted by molar-refractivity contribution is 6.31. The number of nitrogens with zero attached hydrogens (tertiary/aromatic N) is 4. The van der Waals surface area contributed by atoms with Crippen LogP contribution in [0.5, 0.6) is 0 Å². The molecule has 1 N–H and O–H groups in total. The second-order valence-electron chi connectivity index (χ2n) is 5.57. The minimum Gasteiger partial charge on any atom is -0.322 e. The Balaban J connectivity index is 1.68. The summed E-state index contributed by atoms with van der Waals surface area (Å²) in [5.41, 5.74) is 1.58. The van der Waals surface area contributed by atoms with E-state index >= 15 is 0 Å². The van der Waals surface area contributed by atoms with E-state index < -0.39 is 6.04 Å². The summed E-state index contributed by atoms with van der Waals surface area (Å²) in [5, 5.41) is 12.4. The summed E-state index contributed by atoms with van der Waals surface area (Å²) < 4.78 is 3.29. The van der Waals surface area contributed by atoms with Crippen LogP contribution in [0.4, 0.5) is 5.69 Å². The first-order valence-corrected chi connectivity index (χ1v) is 8.58. The fourth-order valence-electron chi connectivity index (χ4n) is 2.52. The maximum Gasteiger partial charge on any atom is 0.249 e. The molecule has 0 aliphatic heterocycles. The van der Waals surface area contributed by atoms with Crippen molar-refractivity contribution in [2.45, 2.75) is 25.9 Å². The van der Waals surface area contributed by atoms with Gasteiger partial charge in [-0.25, -0.2) is 0 Å². The van der Waals surface area contributed by atoms with Gasteiger partial charge in [-0.15, -0.1) is 0 Å². The average molecular weight is 378 g/mol. The summed E-state index contributed by atoms with van der Waals surface area (Å²) >= 11 is 12.0. The predicted molar refractivity (Wildman–Crippen MR) is 98.0 cm³/mol. The largest absolute Gasteiger partial charge is 0.322 e. The summed E-state index contributed by atoms with van der Waals surface area (Å²) in [5.74, 6) is -0.167. The van der Waals surface area contributed by atoms with Crippen LogP contribution >= 0.6 is 23.2 Å². The van der Waals surface area contributed by atoms with Crippen LogP contribution in [-0.4, -0.2) is 25.5 Å². The highest BCUT2D eigenvalue weighted by Gasteiger charge is 2.20. The molecule has 0 saturated heterocycles. The van der Waals surface area contributed by atoms with E-state index in [-0.39, 0.29) is 5.91 Å². The van der Waals surface area contributed by atoms with E-state index in [9.17, 15) is 4.79 Å². The third kappa shape index (κ3) is 4.21. The monoisotopic (exact) mass is 377 g/mol. The number of carbonyl (C=O) groups is 1. The molecule has 1 aromatic carbocycles. The fraction of sp³-hybridized carbons (Fsp3) is 0.235. The predicted octanol–water partition coefficient (Wildman–Crippen LogP) is 4.02. The van der Waals surface area contributed by atoms with Crippen LogP contribution in [0, 0.1) is 0 Å². The van der Waals surface area contributed by atoms with Crippen molar-refractivity contribution in [2.75, 3.05) is 5.32 Å². The smallest absolute Gasteiger partial charge is 0.249 e. The summed E-state index contributed by atoms with van der Waals surface area (Å²) in [6.07, 6.45) is 7.12. The summed E-state index contributed by atoms with van der Waals surface area (Å²) in [6, 6.07) is 7.15. The van der Waals surface area contributed by atoms with E-state index in [0.29, 0.717) is 28.7 Å². The van der Waals surface area contributed by atoms with Crippen LogP contribution in [0.1, 0.15) is 24.9 Å². The summed E-state index contributed by atoms with van der Waals surface area (Å²) in [6.45, 7) is 2.45. The minimum absolute atomic E-state index is 0.167. The summed E-state index contributed by atoms with van der Waals surface area (Å²) in [4.78, 5) is 12.5. The van der Waals surface area contributed by atoms with Crippen molar-refractivity contribution in [3.05, 3.63) is 64.7 Å². The molecule has 0 radical (unpaired) electrons. The van der Waals surface area contributed by atoms with Crippen molar-refractivity contribution >= 4 is 34.8 Å². The number of halogens is 2. The standard InChI is InChI=1S/C17H17Cl2N5O/c1-2-16(24-10-13(18)7-21-24)17(25)22-14-8-20-23(11-14)9-12-5-3-4-6-15(12)19/h3-8,10-11,16H,2,9H2,1H3,(H,22,25). The number of amides is 1. The number of rotatable bonds is 6. The van der Waals surface area contributed by atoms with Crippen molar-refractivity contribution in [3.8, 4) is 0 Å². The van der Waals surface area contributed by atoms with E-state index in [2.05, 4.69) is 15.5 Å². The zero-order chi connectivity index (χ0) is 17.8. The molecule has 0 spiro atoms. The Kier molecular flexibility index (Phi) is 5.40. The fourth-order valence-corrected chi connectivity index (χ4v) is 2.86. The molecule has 8 heteroatoms. The lowest BCUT2D eigenvalue weighted by Crippen LogP contribution is -2.25. The van der Waals surface area contributed by atoms with E-state index in [1.54, 1.807) is 28.0 Å². The van der Waals surface area contributed by atoms with Crippen LogP contribution in [0.25, 0.3) is 0 Å². The molecule has 6 nitrogen and oxygen atoms in total. The number of aromatic nitrogens is 4. The van der Waals surface area contributed by atoms with Crippen molar-refractivity contribution in [3.63, 3.8) is 0 Å². The molecule has 3 rings (SSSR count). The highest BCUT2D eigenvalue weighted by Crippen LogP contribution is 2.19. The SMILES string of the molecule is CCC(C(=O)Nc1cnn(Cc2ccccc2Cl)c1)n1cc(Cl)cn1. The third-order valence-corrected chi connectivity index (χ3v) is 4.33. The number of hydrogen-bond donors (Lipinski definition) is 1. The van der Waals surface area contributed by atoms with Gasteiger partial charge in [0.15, 0.2) is 0 Å². The molecule has 2 aromatic heterocycles. The Morgan fingerprint density at radius 1 is 1.20 bits per heavy atom. The molecule has 130 valence electrons. The van der Waals surface area contributed by atoms with Gasteiger partial charge in [0, 0.05) is 17.4 Å². The zero-order valence-electron chi connectivity index (χ0n) is 13.6. The molecule has 25 heavy (non-hydrogen) atoms. The van der Waals surface area contributed by atoms with Crippen molar-refractivity contribution < 1.29 is 4.79 Å². The minimum atomic E-state index is -0.431. The van der Waals surface area contributed by atoms with E-state index in [4.69, 9.17) is 23.2 Å². The van der Waals surface area contributed by atoms with Gasteiger partial charge < -0.3 is 5.32 Å². The molecular formula is C17H17Cl2N5O. The van der Waals surface area contributed by atoms with E-state index in [0.717, 1.165) is 5.56 Å². The van der Waals surface area contributed by atoms with Gasteiger partial charge in [-0.2, -0.15) is 10.2 Å². The molecule has 0 aliphatic rings. The molecular weight excluding hydrogens is 361 g/mol. The van der Waals surface area contributed by atoms with Gasteiger partial charge in [-0.05, 0) is 18.1 Å². The molecule has 2 heterocycles. The van der Waals surface area contributed by atoms with Crippen LogP contribution in [-0.2, 0) is 11.3 Å². The molecule has 1 unspecified atom stereocenters. The Labute approximate surface area is 155 Å². The van der Waals surface area contributed by atoms with E-state index in [1.165, 1.54) is 6.20 Å². The quantitative estimate of drug-likeness (QED) is 0.705. The molecule has 0 aliphatic carbocycles. The zero-order valence-corrected chi connectivity index (χ0v) is 15.1. The molecule has 0 saturated carbocycles. The molecule has 0 bridgehead atoms. The number of benzene rings is 1. The molecule has 1 atom stereocenters. The maximum atomic E-state index is 12.5. The Hall–Kier alpha value is -2.31. The number of anilines is 1. The normalized spacial score (nSPS) is 12.1. The van der Waals surface area contributed by atoms with Crippen LogP contribution in [0.15, 0.2) is 49.1 Å². The number of carbonyl (C=O) groups excluding carboxylic acids is 1. The van der Waals surface area contributed by atoms with Gasteiger partial charge in [-0.3, -0.25) is 14.2 Å². The van der Waals surface area contributed by atoms with Crippen molar-refractivity contribution in [2.24, 2.45) is 0 Å². The maximum absolute atomic E-state index is 12.5. The lowest BCUT2D eigenvalue weighted by molar-refractivity contribution is -0.119.